The van der Waals surface area contributed by atoms with Crippen molar-refractivity contribution in [1.29, 1.82) is 0 Å². The number of hydrogen-bond acceptors (Lipinski definition) is 5. The number of ketones is 1. The van der Waals surface area contributed by atoms with Gasteiger partial charge in [-0.3, -0.25) is 13.9 Å². The monoisotopic (exact) mass is 354 g/mol. The number of nitrogens with zero attached hydrogens (tertiary/aromatic N) is 2. The number of sulfonamides is 1. The van der Waals surface area contributed by atoms with Crippen molar-refractivity contribution in [3.63, 3.8) is 0 Å². The first kappa shape index (κ1) is 18.4. The summed E-state index contributed by atoms with van der Waals surface area (Å²) < 4.78 is 30.6. The highest BCUT2D eigenvalue weighted by molar-refractivity contribution is 7.92. The van der Waals surface area contributed by atoms with E-state index in [-0.39, 0.29) is 24.7 Å². The van der Waals surface area contributed by atoms with Crippen LogP contribution in [0.3, 0.4) is 0 Å². The number of rotatable bonds is 6. The van der Waals surface area contributed by atoms with Crippen molar-refractivity contribution in [3.8, 4) is 0 Å². The second-order valence-electron chi connectivity index (χ2n) is 5.68. The van der Waals surface area contributed by atoms with Crippen molar-refractivity contribution in [3.05, 3.63) is 29.8 Å². The number of carbonyl (C=O) groups excluding carboxylic acids is 2. The maximum absolute atomic E-state index is 12.2. The van der Waals surface area contributed by atoms with E-state index in [4.69, 9.17) is 4.74 Å². The molecule has 0 spiro atoms. The Bertz CT molecular complexity index is 711. The number of carbonyl (C=O) groups is 2. The van der Waals surface area contributed by atoms with Crippen molar-refractivity contribution in [1.82, 2.24) is 4.90 Å². The lowest BCUT2D eigenvalue weighted by atomic mass is 10.1. The number of hydrogen-bond donors (Lipinski definition) is 0. The molecule has 132 valence electrons. The van der Waals surface area contributed by atoms with Gasteiger partial charge in [-0.1, -0.05) is 12.1 Å². The summed E-state index contributed by atoms with van der Waals surface area (Å²) in [4.78, 5) is 25.4. The van der Waals surface area contributed by atoms with Gasteiger partial charge in [-0.05, 0) is 19.1 Å². The van der Waals surface area contributed by atoms with Gasteiger partial charge in [-0.15, -0.1) is 0 Å². The molecule has 0 radical (unpaired) electrons. The zero-order chi connectivity index (χ0) is 17.7. The van der Waals surface area contributed by atoms with Crippen LogP contribution in [0.15, 0.2) is 24.3 Å². The molecule has 0 saturated carbocycles. The third-order valence-electron chi connectivity index (χ3n) is 3.83. The molecule has 1 aromatic rings. The lowest BCUT2D eigenvalue weighted by Crippen LogP contribution is -2.42. The highest BCUT2D eigenvalue weighted by Crippen LogP contribution is 2.20. The molecule has 0 N–H and O–H groups in total. The molecule has 0 atom stereocenters. The fraction of sp³-hybridized carbons (Fsp3) is 0.500. The van der Waals surface area contributed by atoms with Gasteiger partial charge in [0.1, 0.15) is 0 Å². The van der Waals surface area contributed by atoms with E-state index in [2.05, 4.69) is 0 Å². The van der Waals surface area contributed by atoms with Crippen molar-refractivity contribution in [2.75, 3.05) is 43.4 Å². The second-order valence-corrected chi connectivity index (χ2v) is 7.59. The Morgan fingerprint density at radius 2 is 1.92 bits per heavy atom. The summed E-state index contributed by atoms with van der Waals surface area (Å²) in [5.41, 5.74) is 0.820. The number of anilines is 1. The van der Waals surface area contributed by atoms with Crippen LogP contribution in [0.2, 0.25) is 0 Å². The van der Waals surface area contributed by atoms with Crippen LogP contribution in [0.4, 0.5) is 5.69 Å². The van der Waals surface area contributed by atoms with E-state index in [1.807, 2.05) is 0 Å². The lowest BCUT2D eigenvalue weighted by molar-refractivity contribution is -0.135. The molecule has 8 heteroatoms. The summed E-state index contributed by atoms with van der Waals surface area (Å²) in [6.45, 7) is 3.52. The molecule has 1 heterocycles. The number of Topliss-reactive ketones (excluding diaryl/α,β-unsaturated/α-hetero) is 1. The highest BCUT2D eigenvalue weighted by Gasteiger charge is 2.22. The number of benzene rings is 1. The number of amides is 1. The molecule has 1 fully saturated rings. The number of ether oxygens (including phenoxy) is 1. The van der Waals surface area contributed by atoms with Gasteiger partial charge < -0.3 is 9.64 Å². The van der Waals surface area contributed by atoms with Gasteiger partial charge in [0.2, 0.25) is 15.9 Å². The largest absolute Gasteiger partial charge is 0.378 e. The second kappa shape index (κ2) is 7.76. The molecule has 1 saturated heterocycles. The molecule has 0 unspecified atom stereocenters. The predicted octanol–water partition coefficient (Wildman–Crippen LogP) is 0.904. The minimum atomic E-state index is -3.56. The van der Waals surface area contributed by atoms with E-state index in [1.165, 1.54) is 13.0 Å². The number of morpholine rings is 1. The minimum absolute atomic E-state index is 0.0381. The van der Waals surface area contributed by atoms with E-state index in [0.717, 1.165) is 10.6 Å². The van der Waals surface area contributed by atoms with Crippen molar-refractivity contribution >= 4 is 27.4 Å². The third kappa shape index (κ3) is 4.78. The summed E-state index contributed by atoms with van der Waals surface area (Å²) in [6, 6.07) is 6.41. The van der Waals surface area contributed by atoms with Gasteiger partial charge >= 0.3 is 0 Å². The van der Waals surface area contributed by atoms with Gasteiger partial charge in [0, 0.05) is 31.6 Å². The van der Waals surface area contributed by atoms with Crippen LogP contribution in [0.25, 0.3) is 0 Å². The van der Waals surface area contributed by atoms with Crippen molar-refractivity contribution in [2.45, 2.75) is 13.3 Å². The van der Waals surface area contributed by atoms with E-state index < -0.39 is 10.0 Å². The molecular weight excluding hydrogens is 332 g/mol. The first-order chi connectivity index (χ1) is 11.3. The fourth-order valence-electron chi connectivity index (χ4n) is 2.53. The molecule has 1 amide bonds. The standard InChI is InChI=1S/C16H22N2O5S/c1-13(19)14-4-3-5-15(12-14)18(24(2,21)22)7-6-16(20)17-8-10-23-11-9-17/h3-5,12H,6-11H2,1-2H3. The minimum Gasteiger partial charge on any atom is -0.378 e. The average molecular weight is 354 g/mol. The molecule has 2 rings (SSSR count). The Labute approximate surface area is 142 Å². The van der Waals surface area contributed by atoms with E-state index in [1.54, 1.807) is 23.1 Å². The van der Waals surface area contributed by atoms with Crippen LogP contribution in [0.5, 0.6) is 0 Å². The molecule has 0 aromatic heterocycles. The predicted molar refractivity (Wildman–Crippen MR) is 90.7 cm³/mol. The lowest BCUT2D eigenvalue weighted by Gasteiger charge is -2.28. The smallest absolute Gasteiger partial charge is 0.232 e. The van der Waals surface area contributed by atoms with Gasteiger partial charge in [0.05, 0.1) is 25.2 Å². The first-order valence-electron chi connectivity index (χ1n) is 7.73. The summed E-state index contributed by atoms with van der Waals surface area (Å²) in [5, 5.41) is 0. The summed E-state index contributed by atoms with van der Waals surface area (Å²) in [5.74, 6) is -0.246. The third-order valence-corrected chi connectivity index (χ3v) is 5.03. The van der Waals surface area contributed by atoms with E-state index in [9.17, 15) is 18.0 Å². The molecule has 0 aliphatic carbocycles. The van der Waals surface area contributed by atoms with Crippen LogP contribution in [-0.4, -0.2) is 64.1 Å². The van der Waals surface area contributed by atoms with Crippen LogP contribution in [0.1, 0.15) is 23.7 Å². The molecular formula is C16H22N2O5S. The molecule has 0 bridgehead atoms. The maximum atomic E-state index is 12.2. The van der Waals surface area contributed by atoms with Gasteiger partial charge in [0.25, 0.3) is 0 Å². The zero-order valence-electron chi connectivity index (χ0n) is 13.9. The van der Waals surface area contributed by atoms with Crippen molar-refractivity contribution < 1.29 is 22.7 Å². The Morgan fingerprint density at radius 1 is 1.25 bits per heavy atom. The molecule has 1 aliphatic rings. The summed E-state index contributed by atoms with van der Waals surface area (Å²) in [7, 11) is -3.56. The summed E-state index contributed by atoms with van der Waals surface area (Å²) >= 11 is 0. The quantitative estimate of drug-likeness (QED) is 0.709. The van der Waals surface area contributed by atoms with Gasteiger partial charge in [-0.25, -0.2) is 8.42 Å². The van der Waals surface area contributed by atoms with Gasteiger partial charge in [-0.2, -0.15) is 0 Å². The topological polar surface area (TPSA) is 84.0 Å². The van der Waals surface area contributed by atoms with Crippen LogP contribution in [-0.2, 0) is 19.6 Å². The molecule has 1 aromatic carbocycles. The molecule has 24 heavy (non-hydrogen) atoms. The normalized spacial score (nSPS) is 15.2. The van der Waals surface area contributed by atoms with Crippen LogP contribution in [0, 0.1) is 0 Å². The molecule has 7 nitrogen and oxygen atoms in total. The van der Waals surface area contributed by atoms with E-state index in [0.29, 0.717) is 37.6 Å². The van der Waals surface area contributed by atoms with Crippen LogP contribution >= 0.6 is 0 Å². The molecule has 1 aliphatic heterocycles. The zero-order valence-corrected chi connectivity index (χ0v) is 14.7. The fourth-order valence-corrected chi connectivity index (χ4v) is 3.45. The van der Waals surface area contributed by atoms with Gasteiger partial charge in [0.15, 0.2) is 5.78 Å². The Balaban J connectivity index is 2.13. The van der Waals surface area contributed by atoms with E-state index >= 15 is 0 Å². The Morgan fingerprint density at radius 3 is 2.50 bits per heavy atom. The van der Waals surface area contributed by atoms with Crippen LogP contribution < -0.4 is 4.31 Å². The average Bonchev–Trinajstić information content (AvgIpc) is 2.54. The Kier molecular flexibility index (Phi) is 5.95. The summed E-state index contributed by atoms with van der Waals surface area (Å²) in [6.07, 6.45) is 1.17. The maximum Gasteiger partial charge on any atom is 0.232 e. The Hall–Kier alpha value is -1.93. The SMILES string of the molecule is CC(=O)c1cccc(N(CCC(=O)N2CCOCC2)S(C)(=O)=O)c1. The van der Waals surface area contributed by atoms with Crippen molar-refractivity contribution in [2.24, 2.45) is 0 Å². The first-order valence-corrected chi connectivity index (χ1v) is 9.58. The highest BCUT2D eigenvalue weighted by atomic mass is 32.2.